The van der Waals surface area contributed by atoms with Gasteiger partial charge in [0.1, 0.15) is 6.33 Å². The normalized spacial score (nSPS) is 19.5. The lowest BCUT2D eigenvalue weighted by molar-refractivity contribution is 0.312. The summed E-state index contributed by atoms with van der Waals surface area (Å²) in [4.78, 5) is 19.1. The summed E-state index contributed by atoms with van der Waals surface area (Å²) in [5, 5.41) is 3.12. The van der Waals surface area contributed by atoms with E-state index in [4.69, 9.17) is 0 Å². The molecule has 1 aliphatic heterocycles. The highest BCUT2D eigenvalue weighted by Crippen LogP contribution is 2.29. The van der Waals surface area contributed by atoms with Crippen LogP contribution in [0.3, 0.4) is 0 Å². The van der Waals surface area contributed by atoms with Crippen molar-refractivity contribution in [1.82, 2.24) is 24.8 Å². The van der Waals surface area contributed by atoms with Crippen molar-refractivity contribution in [2.45, 2.75) is 18.9 Å². The zero-order valence-corrected chi connectivity index (χ0v) is 10.8. The molecule has 0 radical (unpaired) electrons. The summed E-state index contributed by atoms with van der Waals surface area (Å²) in [7, 11) is 2.14. The molecule has 2 aromatic rings. The molecule has 19 heavy (non-hydrogen) atoms. The van der Waals surface area contributed by atoms with Gasteiger partial charge in [0, 0.05) is 6.20 Å². The molecule has 6 nitrogen and oxygen atoms in total. The van der Waals surface area contributed by atoms with E-state index in [9.17, 15) is 0 Å². The van der Waals surface area contributed by atoms with Crippen LogP contribution in [0.4, 0.5) is 11.6 Å². The van der Waals surface area contributed by atoms with E-state index in [0.717, 1.165) is 24.3 Å². The maximum absolute atomic E-state index is 4.58. The Kier molecular flexibility index (Phi) is 3.33. The molecule has 0 aromatic carbocycles. The molecular formula is C13H16N6. The van der Waals surface area contributed by atoms with Gasteiger partial charge in [0.25, 0.3) is 0 Å². The third-order valence-corrected chi connectivity index (χ3v) is 3.36. The Balaban J connectivity index is 1.80. The van der Waals surface area contributed by atoms with Crippen LogP contribution in [0.2, 0.25) is 0 Å². The summed E-state index contributed by atoms with van der Waals surface area (Å²) in [6.07, 6.45) is 9.06. The molecule has 0 amide bonds. The monoisotopic (exact) mass is 256 g/mol. The molecule has 1 atom stereocenters. The minimum atomic E-state index is 0.399. The van der Waals surface area contributed by atoms with E-state index < -0.39 is 0 Å². The lowest BCUT2D eigenvalue weighted by atomic mass is 10.1. The maximum atomic E-state index is 4.58. The van der Waals surface area contributed by atoms with Gasteiger partial charge in [0.2, 0.25) is 5.95 Å². The predicted octanol–water partition coefficient (Wildman–Crippen LogP) is 1.78. The van der Waals surface area contributed by atoms with Gasteiger partial charge in [0.15, 0.2) is 0 Å². The number of rotatable bonds is 3. The Morgan fingerprint density at radius 3 is 2.89 bits per heavy atom. The molecule has 0 spiro atoms. The van der Waals surface area contributed by atoms with Gasteiger partial charge < -0.3 is 5.32 Å². The number of hydrogen-bond donors (Lipinski definition) is 1. The SMILES string of the molecule is CN1CCC[C@@H]1c1ccnc(Nc2cncnc2)n1. The molecule has 2 aromatic heterocycles. The van der Waals surface area contributed by atoms with Gasteiger partial charge in [-0.25, -0.2) is 19.9 Å². The Bertz CT molecular complexity index is 544. The van der Waals surface area contributed by atoms with Crippen LogP contribution < -0.4 is 5.32 Å². The van der Waals surface area contributed by atoms with E-state index in [0.29, 0.717) is 12.0 Å². The van der Waals surface area contributed by atoms with Crippen molar-refractivity contribution in [2.24, 2.45) is 0 Å². The van der Waals surface area contributed by atoms with E-state index in [-0.39, 0.29) is 0 Å². The number of aromatic nitrogens is 4. The molecule has 0 unspecified atom stereocenters. The summed E-state index contributed by atoms with van der Waals surface area (Å²) in [5.74, 6) is 0.590. The van der Waals surface area contributed by atoms with E-state index in [2.05, 4.69) is 37.2 Å². The average molecular weight is 256 g/mol. The fourth-order valence-corrected chi connectivity index (χ4v) is 2.40. The Hall–Kier alpha value is -2.08. The van der Waals surface area contributed by atoms with Crippen LogP contribution in [0.15, 0.2) is 31.0 Å². The first kappa shape index (κ1) is 12.0. The number of likely N-dealkylation sites (tertiary alicyclic amines) is 1. The predicted molar refractivity (Wildman–Crippen MR) is 72.0 cm³/mol. The van der Waals surface area contributed by atoms with Gasteiger partial charge in [-0.3, -0.25) is 4.90 Å². The van der Waals surface area contributed by atoms with Crippen LogP contribution in [-0.4, -0.2) is 38.4 Å². The fraction of sp³-hybridized carbons (Fsp3) is 0.385. The number of nitrogens with one attached hydrogen (secondary N) is 1. The van der Waals surface area contributed by atoms with Gasteiger partial charge in [-0.15, -0.1) is 0 Å². The Morgan fingerprint density at radius 1 is 1.32 bits per heavy atom. The summed E-state index contributed by atoms with van der Waals surface area (Å²) in [6, 6.07) is 2.38. The molecule has 1 aliphatic rings. The van der Waals surface area contributed by atoms with Crippen LogP contribution in [-0.2, 0) is 0 Å². The Morgan fingerprint density at radius 2 is 2.16 bits per heavy atom. The molecular weight excluding hydrogens is 240 g/mol. The molecule has 0 bridgehead atoms. The minimum absolute atomic E-state index is 0.399. The second kappa shape index (κ2) is 5.27. The number of nitrogens with zero attached hydrogens (tertiary/aromatic N) is 5. The topological polar surface area (TPSA) is 66.8 Å². The molecule has 1 N–H and O–H groups in total. The molecule has 0 saturated carbocycles. The molecule has 1 fully saturated rings. The van der Waals surface area contributed by atoms with E-state index in [1.807, 2.05) is 6.07 Å². The maximum Gasteiger partial charge on any atom is 0.227 e. The first-order valence-electron chi connectivity index (χ1n) is 6.38. The van der Waals surface area contributed by atoms with Crippen molar-refractivity contribution in [3.63, 3.8) is 0 Å². The third kappa shape index (κ3) is 2.68. The summed E-state index contributed by atoms with van der Waals surface area (Å²) in [5.41, 5.74) is 1.86. The number of hydrogen-bond acceptors (Lipinski definition) is 6. The average Bonchev–Trinajstić information content (AvgIpc) is 2.86. The molecule has 3 heterocycles. The summed E-state index contributed by atoms with van der Waals surface area (Å²) < 4.78 is 0. The van der Waals surface area contributed by atoms with Crippen LogP contribution in [0.25, 0.3) is 0 Å². The minimum Gasteiger partial charge on any atom is -0.322 e. The third-order valence-electron chi connectivity index (χ3n) is 3.36. The van der Waals surface area contributed by atoms with Crippen molar-refractivity contribution >= 4 is 11.6 Å². The molecule has 3 rings (SSSR count). The van der Waals surface area contributed by atoms with Gasteiger partial charge in [0.05, 0.1) is 29.8 Å². The van der Waals surface area contributed by atoms with Crippen molar-refractivity contribution in [3.8, 4) is 0 Å². The first-order valence-corrected chi connectivity index (χ1v) is 6.38. The van der Waals surface area contributed by atoms with Gasteiger partial charge >= 0.3 is 0 Å². The first-order chi connectivity index (χ1) is 9.33. The van der Waals surface area contributed by atoms with Crippen LogP contribution in [0.1, 0.15) is 24.6 Å². The molecule has 1 saturated heterocycles. The molecule has 6 heteroatoms. The lowest BCUT2D eigenvalue weighted by Gasteiger charge is -2.18. The summed E-state index contributed by atoms with van der Waals surface area (Å²) in [6.45, 7) is 1.13. The quantitative estimate of drug-likeness (QED) is 0.903. The van der Waals surface area contributed by atoms with Crippen LogP contribution in [0.5, 0.6) is 0 Å². The standard InChI is InChI=1S/C13H16N6/c1-19-6-2-3-12(19)11-4-5-16-13(18-11)17-10-7-14-9-15-8-10/h4-5,7-9,12H,2-3,6H2,1H3,(H,16,17,18)/t12-/m1/s1. The van der Waals surface area contributed by atoms with Crippen LogP contribution >= 0.6 is 0 Å². The molecule has 98 valence electrons. The summed E-state index contributed by atoms with van der Waals surface area (Å²) >= 11 is 0. The van der Waals surface area contributed by atoms with Crippen molar-refractivity contribution in [1.29, 1.82) is 0 Å². The van der Waals surface area contributed by atoms with Gasteiger partial charge in [-0.2, -0.15) is 0 Å². The second-order valence-electron chi connectivity index (χ2n) is 4.70. The highest BCUT2D eigenvalue weighted by atomic mass is 15.2. The second-order valence-corrected chi connectivity index (χ2v) is 4.70. The zero-order chi connectivity index (χ0) is 13.1. The fourth-order valence-electron chi connectivity index (χ4n) is 2.40. The largest absolute Gasteiger partial charge is 0.322 e. The highest BCUT2D eigenvalue weighted by molar-refractivity contribution is 5.49. The smallest absolute Gasteiger partial charge is 0.227 e. The van der Waals surface area contributed by atoms with E-state index in [1.54, 1.807) is 18.6 Å². The zero-order valence-electron chi connectivity index (χ0n) is 10.8. The van der Waals surface area contributed by atoms with E-state index in [1.165, 1.54) is 12.7 Å². The van der Waals surface area contributed by atoms with Gasteiger partial charge in [-0.1, -0.05) is 0 Å². The van der Waals surface area contributed by atoms with Crippen molar-refractivity contribution in [3.05, 3.63) is 36.7 Å². The van der Waals surface area contributed by atoms with E-state index >= 15 is 0 Å². The van der Waals surface area contributed by atoms with Gasteiger partial charge in [-0.05, 0) is 32.5 Å². The number of anilines is 2. The van der Waals surface area contributed by atoms with Crippen LogP contribution in [0, 0.1) is 0 Å². The molecule has 0 aliphatic carbocycles. The lowest BCUT2D eigenvalue weighted by Crippen LogP contribution is -2.18. The highest BCUT2D eigenvalue weighted by Gasteiger charge is 2.23. The van der Waals surface area contributed by atoms with Crippen molar-refractivity contribution in [2.75, 3.05) is 18.9 Å². The van der Waals surface area contributed by atoms with Crippen molar-refractivity contribution < 1.29 is 0 Å². The Labute approximate surface area is 111 Å².